The second kappa shape index (κ2) is 10.5. The van der Waals surface area contributed by atoms with Crippen LogP contribution in [0.5, 0.6) is 0 Å². The van der Waals surface area contributed by atoms with Crippen molar-refractivity contribution in [3.05, 3.63) is 112 Å². The standard InChI is InChI=1S/C25H17N3O9/c29-21-19(36-24(32)16-7-3-1-4-8-16)20(37-25(33)17-9-5-2-6-10-17)23(31)27(26-21)22(30)15-11-13-18(14-12-15)28(34)35/h1-14,19-20H,(H,26,29). The fraction of sp³-hybridized carbons (Fsp3) is 0.0800. The highest BCUT2D eigenvalue weighted by atomic mass is 16.6. The third kappa shape index (κ3) is 5.32. The van der Waals surface area contributed by atoms with Crippen LogP contribution < -0.4 is 5.43 Å². The number of carbonyl (C=O) groups is 5. The fourth-order valence-electron chi connectivity index (χ4n) is 3.37. The van der Waals surface area contributed by atoms with E-state index in [-0.39, 0.29) is 22.4 Å². The summed E-state index contributed by atoms with van der Waals surface area (Å²) in [5, 5.41) is 11.2. The highest BCUT2D eigenvalue weighted by Gasteiger charge is 2.49. The van der Waals surface area contributed by atoms with Crippen molar-refractivity contribution in [2.45, 2.75) is 12.2 Å². The van der Waals surface area contributed by atoms with E-state index in [9.17, 15) is 34.1 Å². The van der Waals surface area contributed by atoms with Crippen molar-refractivity contribution in [3.63, 3.8) is 0 Å². The van der Waals surface area contributed by atoms with Crippen molar-refractivity contribution < 1.29 is 38.4 Å². The van der Waals surface area contributed by atoms with E-state index in [1.54, 1.807) is 36.4 Å². The van der Waals surface area contributed by atoms with Crippen LogP contribution in [0.1, 0.15) is 31.1 Å². The van der Waals surface area contributed by atoms with Crippen LogP contribution in [0, 0.1) is 10.1 Å². The molecule has 0 saturated carbocycles. The summed E-state index contributed by atoms with van der Waals surface area (Å²) in [7, 11) is 0. The second-order valence-corrected chi connectivity index (χ2v) is 7.64. The second-order valence-electron chi connectivity index (χ2n) is 7.64. The predicted octanol–water partition coefficient (Wildman–Crippen LogP) is 2.06. The van der Waals surface area contributed by atoms with Gasteiger partial charge in [-0.1, -0.05) is 36.4 Å². The zero-order valence-corrected chi connectivity index (χ0v) is 18.8. The Morgan fingerprint density at radius 3 is 1.70 bits per heavy atom. The zero-order chi connectivity index (χ0) is 26.5. The van der Waals surface area contributed by atoms with Crippen molar-refractivity contribution in [1.82, 2.24) is 10.4 Å². The van der Waals surface area contributed by atoms with Gasteiger partial charge in [-0.2, -0.15) is 5.01 Å². The fourth-order valence-corrected chi connectivity index (χ4v) is 3.37. The van der Waals surface area contributed by atoms with Gasteiger partial charge in [0.15, 0.2) is 0 Å². The van der Waals surface area contributed by atoms with E-state index in [1.807, 2.05) is 5.43 Å². The number of hydrogen-bond acceptors (Lipinski definition) is 9. The number of ether oxygens (including phenoxy) is 2. The number of nitrogens with zero attached hydrogens (tertiary/aromatic N) is 2. The van der Waals surface area contributed by atoms with Gasteiger partial charge in [0.1, 0.15) is 0 Å². The molecule has 186 valence electrons. The van der Waals surface area contributed by atoms with Crippen LogP contribution >= 0.6 is 0 Å². The minimum atomic E-state index is -2.00. The van der Waals surface area contributed by atoms with E-state index in [1.165, 1.54) is 24.3 Å². The lowest BCUT2D eigenvalue weighted by molar-refractivity contribution is -0.384. The van der Waals surface area contributed by atoms with Crippen molar-refractivity contribution >= 4 is 35.3 Å². The van der Waals surface area contributed by atoms with E-state index in [2.05, 4.69) is 0 Å². The Bertz CT molecular complexity index is 1380. The predicted molar refractivity (Wildman–Crippen MR) is 124 cm³/mol. The van der Waals surface area contributed by atoms with Gasteiger partial charge in [-0.15, -0.1) is 0 Å². The molecule has 12 nitrogen and oxygen atoms in total. The maximum atomic E-state index is 13.3. The first-order chi connectivity index (χ1) is 17.8. The average molecular weight is 503 g/mol. The van der Waals surface area contributed by atoms with E-state index < -0.39 is 46.8 Å². The van der Waals surface area contributed by atoms with Crippen LogP contribution in [0.25, 0.3) is 0 Å². The van der Waals surface area contributed by atoms with Crippen LogP contribution in [0.15, 0.2) is 84.9 Å². The number of amides is 3. The number of non-ortho nitro benzene ring substituents is 1. The first kappa shape index (κ1) is 24.7. The number of imide groups is 1. The number of nitro benzene ring substituents is 1. The Balaban J connectivity index is 1.63. The molecular formula is C25H17N3O9. The van der Waals surface area contributed by atoms with Gasteiger partial charge in [-0.05, 0) is 36.4 Å². The monoisotopic (exact) mass is 503 g/mol. The number of rotatable bonds is 6. The average Bonchev–Trinajstić information content (AvgIpc) is 2.92. The van der Waals surface area contributed by atoms with E-state index >= 15 is 0 Å². The summed E-state index contributed by atoms with van der Waals surface area (Å²) in [4.78, 5) is 74.6. The summed E-state index contributed by atoms with van der Waals surface area (Å²) in [6.07, 6.45) is -3.91. The van der Waals surface area contributed by atoms with Gasteiger partial charge < -0.3 is 9.47 Å². The maximum Gasteiger partial charge on any atom is 0.339 e. The number of nitro groups is 1. The molecule has 1 aliphatic heterocycles. The molecule has 4 rings (SSSR count). The van der Waals surface area contributed by atoms with E-state index in [4.69, 9.17) is 9.47 Å². The molecule has 0 aromatic heterocycles. The summed E-state index contributed by atoms with van der Waals surface area (Å²) in [6, 6.07) is 19.4. The Morgan fingerprint density at radius 1 is 0.730 bits per heavy atom. The van der Waals surface area contributed by atoms with Gasteiger partial charge >= 0.3 is 11.9 Å². The summed E-state index contributed by atoms with van der Waals surface area (Å²) >= 11 is 0. The molecule has 3 amide bonds. The molecule has 3 aromatic carbocycles. The molecule has 2 atom stereocenters. The first-order valence-electron chi connectivity index (χ1n) is 10.7. The molecule has 1 fully saturated rings. The highest BCUT2D eigenvalue weighted by Crippen LogP contribution is 2.20. The van der Waals surface area contributed by atoms with Crippen molar-refractivity contribution in [2.75, 3.05) is 0 Å². The molecule has 3 aromatic rings. The lowest BCUT2D eigenvalue weighted by Crippen LogP contribution is -2.66. The van der Waals surface area contributed by atoms with E-state index in [0.29, 0.717) is 5.01 Å². The summed E-state index contributed by atoms with van der Waals surface area (Å²) in [6.45, 7) is 0. The van der Waals surface area contributed by atoms with Crippen LogP contribution in [0.3, 0.4) is 0 Å². The molecule has 1 heterocycles. The smallest absolute Gasteiger partial charge is 0.339 e. The Kier molecular flexibility index (Phi) is 7.00. The lowest BCUT2D eigenvalue weighted by atomic mass is 10.1. The summed E-state index contributed by atoms with van der Waals surface area (Å²) < 4.78 is 10.5. The summed E-state index contributed by atoms with van der Waals surface area (Å²) in [5.41, 5.74) is 1.69. The van der Waals surface area contributed by atoms with E-state index in [0.717, 1.165) is 24.3 Å². The molecule has 1 N–H and O–H groups in total. The van der Waals surface area contributed by atoms with Gasteiger partial charge in [0.2, 0.25) is 12.2 Å². The molecule has 1 saturated heterocycles. The molecule has 0 spiro atoms. The number of esters is 2. The molecule has 0 bridgehead atoms. The number of nitrogens with one attached hydrogen (secondary N) is 1. The zero-order valence-electron chi connectivity index (χ0n) is 18.8. The van der Waals surface area contributed by atoms with Crippen molar-refractivity contribution in [3.8, 4) is 0 Å². The quantitative estimate of drug-likeness (QED) is 0.230. The molecule has 1 aliphatic rings. The molecule has 0 radical (unpaired) electrons. The minimum absolute atomic E-state index is 0.0441. The maximum absolute atomic E-state index is 13.3. The van der Waals surface area contributed by atoms with Gasteiger partial charge in [0.25, 0.3) is 23.4 Å². The molecule has 37 heavy (non-hydrogen) atoms. The third-order valence-electron chi connectivity index (χ3n) is 5.23. The molecule has 12 heteroatoms. The lowest BCUT2D eigenvalue weighted by Gasteiger charge is -2.35. The number of benzene rings is 3. The highest BCUT2D eigenvalue weighted by molar-refractivity contribution is 6.11. The van der Waals surface area contributed by atoms with Gasteiger partial charge in [0, 0.05) is 17.7 Å². The largest absolute Gasteiger partial charge is 0.444 e. The van der Waals surface area contributed by atoms with Gasteiger partial charge in [-0.3, -0.25) is 29.9 Å². The van der Waals surface area contributed by atoms with Crippen LogP contribution in [0.2, 0.25) is 0 Å². The third-order valence-corrected chi connectivity index (χ3v) is 5.23. The van der Waals surface area contributed by atoms with Gasteiger partial charge in [-0.25, -0.2) is 9.59 Å². The molecular weight excluding hydrogens is 486 g/mol. The SMILES string of the molecule is O=C(OC1C(=O)NN(C(=O)c2ccc([N+](=O)[O-])cc2)C(=O)C1OC(=O)c1ccccc1)c1ccccc1. The van der Waals surface area contributed by atoms with Crippen LogP contribution in [-0.2, 0) is 19.1 Å². The van der Waals surface area contributed by atoms with Gasteiger partial charge in [0.05, 0.1) is 16.1 Å². The van der Waals surface area contributed by atoms with Crippen molar-refractivity contribution in [2.24, 2.45) is 0 Å². The summed E-state index contributed by atoms with van der Waals surface area (Å²) in [5.74, 6) is -5.33. The normalized spacial score (nSPS) is 16.9. The van der Waals surface area contributed by atoms with Crippen LogP contribution in [-0.4, -0.2) is 51.8 Å². The molecule has 2 unspecified atom stereocenters. The number of hydrazine groups is 1. The Hall–Kier alpha value is -5.39. The number of hydrogen-bond donors (Lipinski definition) is 1. The van der Waals surface area contributed by atoms with Crippen LogP contribution in [0.4, 0.5) is 5.69 Å². The Morgan fingerprint density at radius 2 is 1.22 bits per heavy atom. The topological polar surface area (TPSA) is 162 Å². The first-order valence-corrected chi connectivity index (χ1v) is 10.7. The molecule has 0 aliphatic carbocycles. The number of carbonyl (C=O) groups excluding carboxylic acids is 5. The van der Waals surface area contributed by atoms with Crippen molar-refractivity contribution in [1.29, 1.82) is 0 Å². The minimum Gasteiger partial charge on any atom is -0.444 e. The Labute approximate surface area is 208 Å².